The molecule has 2 atom stereocenters. The molecule has 7 nitrogen and oxygen atoms in total. The van der Waals surface area contributed by atoms with Crippen molar-refractivity contribution in [1.29, 1.82) is 0 Å². The van der Waals surface area contributed by atoms with Gasteiger partial charge in [0.25, 0.3) is 5.91 Å². The molecular formula is C11H14N2O5. The van der Waals surface area contributed by atoms with Crippen LogP contribution in [0.25, 0.3) is 0 Å². The van der Waals surface area contributed by atoms with E-state index >= 15 is 0 Å². The first-order valence-electron chi connectivity index (χ1n) is 5.67. The van der Waals surface area contributed by atoms with Crippen LogP contribution in [0, 0.1) is 5.92 Å². The average Bonchev–Trinajstić information content (AvgIpc) is 2.94. The van der Waals surface area contributed by atoms with E-state index in [4.69, 9.17) is 9.84 Å². The summed E-state index contributed by atoms with van der Waals surface area (Å²) >= 11 is 0. The second kappa shape index (κ2) is 5.18. The molecule has 2 heterocycles. The van der Waals surface area contributed by atoms with E-state index in [2.05, 4.69) is 15.0 Å². The molecule has 1 aliphatic heterocycles. The third-order valence-corrected chi connectivity index (χ3v) is 3.01. The van der Waals surface area contributed by atoms with Gasteiger partial charge in [-0.3, -0.25) is 4.79 Å². The highest BCUT2D eigenvalue weighted by Crippen LogP contribution is 2.19. The lowest BCUT2D eigenvalue weighted by Crippen LogP contribution is -2.32. The highest BCUT2D eigenvalue weighted by Gasteiger charge is 2.25. The van der Waals surface area contributed by atoms with Crippen molar-refractivity contribution in [2.45, 2.75) is 19.4 Å². The van der Waals surface area contributed by atoms with Crippen LogP contribution >= 0.6 is 0 Å². The van der Waals surface area contributed by atoms with Crippen molar-refractivity contribution < 1.29 is 24.0 Å². The first-order valence-corrected chi connectivity index (χ1v) is 5.67. The molecule has 0 spiro atoms. The van der Waals surface area contributed by atoms with E-state index in [1.54, 1.807) is 0 Å². The SMILES string of the molecule is CC1OCCC1CNC(=O)c1cc(C(=O)O)on1. The van der Waals surface area contributed by atoms with Crippen molar-refractivity contribution in [2.75, 3.05) is 13.2 Å². The highest BCUT2D eigenvalue weighted by molar-refractivity contribution is 5.94. The number of aromatic carboxylic acids is 1. The summed E-state index contributed by atoms with van der Waals surface area (Å²) < 4.78 is 9.88. The number of carboxylic acid groups (broad SMARTS) is 1. The smallest absolute Gasteiger partial charge is 0.374 e. The standard InChI is InChI=1S/C11H14N2O5/c1-6-7(2-3-17-6)5-12-10(14)8-4-9(11(15)16)18-13-8/h4,6-7H,2-3,5H2,1H3,(H,12,14)(H,15,16). The van der Waals surface area contributed by atoms with E-state index in [-0.39, 0.29) is 23.5 Å². The van der Waals surface area contributed by atoms with Gasteiger partial charge in [0.2, 0.25) is 5.76 Å². The van der Waals surface area contributed by atoms with Gasteiger partial charge in [0.05, 0.1) is 6.10 Å². The Hall–Kier alpha value is -1.89. The third kappa shape index (κ3) is 2.67. The van der Waals surface area contributed by atoms with Crippen molar-refractivity contribution in [1.82, 2.24) is 10.5 Å². The number of rotatable bonds is 4. The number of amides is 1. The number of aromatic nitrogens is 1. The summed E-state index contributed by atoms with van der Waals surface area (Å²) in [7, 11) is 0. The monoisotopic (exact) mass is 254 g/mol. The number of carbonyl (C=O) groups excluding carboxylic acids is 1. The van der Waals surface area contributed by atoms with Gasteiger partial charge in [-0.2, -0.15) is 0 Å². The Morgan fingerprint density at radius 2 is 2.39 bits per heavy atom. The maximum atomic E-state index is 11.7. The Labute approximate surface area is 103 Å². The van der Waals surface area contributed by atoms with E-state index in [1.165, 1.54) is 0 Å². The number of nitrogens with zero attached hydrogens (tertiary/aromatic N) is 1. The molecule has 2 unspecified atom stereocenters. The van der Waals surface area contributed by atoms with Gasteiger partial charge >= 0.3 is 5.97 Å². The predicted molar refractivity (Wildman–Crippen MR) is 59.3 cm³/mol. The topological polar surface area (TPSA) is 102 Å². The zero-order valence-corrected chi connectivity index (χ0v) is 9.88. The van der Waals surface area contributed by atoms with Crippen molar-refractivity contribution in [2.24, 2.45) is 5.92 Å². The molecule has 1 aromatic heterocycles. The third-order valence-electron chi connectivity index (χ3n) is 3.01. The molecule has 1 aromatic rings. The number of hydrogen-bond donors (Lipinski definition) is 2. The van der Waals surface area contributed by atoms with Gasteiger partial charge in [-0.25, -0.2) is 4.79 Å². The van der Waals surface area contributed by atoms with Crippen molar-refractivity contribution >= 4 is 11.9 Å². The van der Waals surface area contributed by atoms with Crippen LogP contribution in [0.3, 0.4) is 0 Å². The van der Waals surface area contributed by atoms with Crippen LogP contribution in [-0.2, 0) is 4.74 Å². The number of ether oxygens (including phenoxy) is 1. The predicted octanol–water partition coefficient (Wildman–Crippen LogP) is 0.528. The Morgan fingerprint density at radius 1 is 1.61 bits per heavy atom. The lowest BCUT2D eigenvalue weighted by atomic mass is 10.0. The van der Waals surface area contributed by atoms with Gasteiger partial charge in [-0.05, 0) is 13.3 Å². The van der Waals surface area contributed by atoms with E-state index < -0.39 is 11.9 Å². The number of hydrogen-bond acceptors (Lipinski definition) is 5. The van der Waals surface area contributed by atoms with Crippen molar-refractivity contribution in [3.8, 4) is 0 Å². The van der Waals surface area contributed by atoms with Crippen LogP contribution in [0.5, 0.6) is 0 Å². The quantitative estimate of drug-likeness (QED) is 0.812. The molecule has 1 amide bonds. The minimum Gasteiger partial charge on any atom is -0.475 e. The molecule has 1 saturated heterocycles. The van der Waals surface area contributed by atoms with Gasteiger partial charge in [-0.1, -0.05) is 5.16 Å². The Bertz CT molecular complexity index is 456. The van der Waals surface area contributed by atoms with Gasteiger partial charge in [-0.15, -0.1) is 0 Å². The van der Waals surface area contributed by atoms with E-state index in [1.807, 2.05) is 6.92 Å². The van der Waals surface area contributed by atoms with Crippen molar-refractivity contribution in [3.63, 3.8) is 0 Å². The number of carboxylic acids is 1. The molecular weight excluding hydrogens is 240 g/mol. The summed E-state index contributed by atoms with van der Waals surface area (Å²) in [4.78, 5) is 22.2. The first kappa shape index (κ1) is 12.6. The van der Waals surface area contributed by atoms with Crippen LogP contribution in [-0.4, -0.2) is 41.4 Å². The minimum absolute atomic E-state index is 0.0287. The molecule has 1 fully saturated rings. The van der Waals surface area contributed by atoms with Gasteiger partial charge < -0.3 is 19.7 Å². The summed E-state index contributed by atoms with van der Waals surface area (Å²) in [6.45, 7) is 3.15. The molecule has 2 N–H and O–H groups in total. The lowest BCUT2D eigenvalue weighted by molar-refractivity contribution is 0.0650. The zero-order valence-electron chi connectivity index (χ0n) is 9.88. The maximum Gasteiger partial charge on any atom is 0.374 e. The van der Waals surface area contributed by atoms with Gasteiger partial charge in [0.15, 0.2) is 5.69 Å². The van der Waals surface area contributed by atoms with Gasteiger partial charge in [0.1, 0.15) is 0 Å². The van der Waals surface area contributed by atoms with Crippen LogP contribution in [0.1, 0.15) is 34.4 Å². The molecule has 0 aromatic carbocycles. The summed E-state index contributed by atoms with van der Waals surface area (Å²) in [5.41, 5.74) is -0.0287. The number of carbonyl (C=O) groups is 2. The molecule has 0 bridgehead atoms. The second-order valence-electron chi connectivity index (χ2n) is 4.22. The molecule has 98 valence electrons. The highest BCUT2D eigenvalue weighted by atomic mass is 16.5. The molecule has 0 aliphatic carbocycles. The molecule has 0 radical (unpaired) electrons. The Kier molecular flexibility index (Phi) is 3.61. The van der Waals surface area contributed by atoms with Crippen LogP contribution < -0.4 is 5.32 Å². The van der Waals surface area contributed by atoms with Gasteiger partial charge in [0, 0.05) is 25.1 Å². The maximum absolute atomic E-state index is 11.7. The minimum atomic E-state index is -1.25. The van der Waals surface area contributed by atoms with Crippen LogP contribution in [0.2, 0.25) is 0 Å². The Balaban J connectivity index is 1.89. The fourth-order valence-electron chi connectivity index (χ4n) is 1.84. The molecule has 2 rings (SSSR count). The average molecular weight is 254 g/mol. The lowest BCUT2D eigenvalue weighted by Gasteiger charge is -2.13. The van der Waals surface area contributed by atoms with Crippen LogP contribution in [0.4, 0.5) is 0 Å². The fraction of sp³-hybridized carbons (Fsp3) is 0.545. The molecule has 7 heteroatoms. The van der Waals surface area contributed by atoms with E-state index in [0.717, 1.165) is 12.5 Å². The van der Waals surface area contributed by atoms with E-state index in [0.29, 0.717) is 13.2 Å². The largest absolute Gasteiger partial charge is 0.475 e. The number of nitrogens with one attached hydrogen (secondary N) is 1. The normalized spacial score (nSPS) is 22.9. The van der Waals surface area contributed by atoms with Crippen LogP contribution in [0.15, 0.2) is 10.6 Å². The zero-order chi connectivity index (χ0) is 13.1. The molecule has 0 saturated carbocycles. The summed E-state index contributed by atoms with van der Waals surface area (Å²) in [6.07, 6.45) is 1.03. The summed E-state index contributed by atoms with van der Waals surface area (Å²) in [5, 5.41) is 14.7. The molecule has 18 heavy (non-hydrogen) atoms. The summed E-state index contributed by atoms with van der Waals surface area (Å²) in [6, 6.07) is 1.10. The second-order valence-corrected chi connectivity index (χ2v) is 4.22. The Morgan fingerprint density at radius 3 is 2.94 bits per heavy atom. The van der Waals surface area contributed by atoms with Crippen molar-refractivity contribution in [3.05, 3.63) is 17.5 Å². The first-order chi connectivity index (χ1) is 8.58. The van der Waals surface area contributed by atoms with E-state index in [9.17, 15) is 9.59 Å². The molecule has 1 aliphatic rings. The summed E-state index contributed by atoms with van der Waals surface area (Å²) in [5.74, 6) is -1.76. The fourth-order valence-corrected chi connectivity index (χ4v) is 1.84.